The molecule has 0 amide bonds. The number of nitrogens with one attached hydrogen (secondary N) is 1. The Morgan fingerprint density at radius 2 is 2.16 bits per heavy atom. The zero-order chi connectivity index (χ0) is 13.7. The Morgan fingerprint density at radius 3 is 2.84 bits per heavy atom. The summed E-state index contributed by atoms with van der Waals surface area (Å²) in [5, 5.41) is 7.86. The molecule has 0 radical (unpaired) electrons. The van der Waals surface area contributed by atoms with Gasteiger partial charge in [-0.25, -0.2) is 0 Å². The van der Waals surface area contributed by atoms with E-state index >= 15 is 0 Å². The third kappa shape index (κ3) is 3.74. The van der Waals surface area contributed by atoms with Crippen molar-refractivity contribution in [1.29, 1.82) is 0 Å². The van der Waals surface area contributed by atoms with E-state index in [0.29, 0.717) is 12.6 Å². The molecule has 1 aromatic heterocycles. The minimum atomic E-state index is 0.398. The maximum absolute atomic E-state index is 5.47. The number of benzene rings is 1. The highest BCUT2D eigenvalue weighted by Gasteiger charge is 2.02. The second-order valence-corrected chi connectivity index (χ2v) is 4.70. The van der Waals surface area contributed by atoms with Crippen molar-refractivity contribution in [3.05, 3.63) is 42.2 Å². The summed E-state index contributed by atoms with van der Waals surface area (Å²) in [6.07, 6.45) is 2.01. The predicted octanol–water partition coefficient (Wildman–Crippen LogP) is 3.47. The number of anilines is 1. The number of ether oxygens (including phenoxy) is 1. The molecule has 0 unspecified atom stereocenters. The van der Waals surface area contributed by atoms with Gasteiger partial charge in [-0.05, 0) is 39.0 Å². The summed E-state index contributed by atoms with van der Waals surface area (Å²) >= 11 is 0. The largest absolute Gasteiger partial charge is 0.494 e. The van der Waals surface area contributed by atoms with Crippen molar-refractivity contribution in [2.45, 2.75) is 33.4 Å². The number of hydrogen-bond acceptors (Lipinski definition) is 3. The van der Waals surface area contributed by atoms with Gasteiger partial charge in [-0.2, -0.15) is 5.10 Å². The first-order valence-electron chi connectivity index (χ1n) is 6.70. The second kappa shape index (κ2) is 6.27. The van der Waals surface area contributed by atoms with Gasteiger partial charge >= 0.3 is 0 Å². The van der Waals surface area contributed by atoms with Gasteiger partial charge in [-0.1, -0.05) is 6.07 Å². The van der Waals surface area contributed by atoms with Gasteiger partial charge in [0, 0.05) is 24.0 Å². The van der Waals surface area contributed by atoms with Crippen LogP contribution in [-0.2, 0) is 6.54 Å². The van der Waals surface area contributed by atoms with Gasteiger partial charge in [0.15, 0.2) is 0 Å². The molecule has 2 rings (SSSR count). The van der Waals surface area contributed by atoms with Gasteiger partial charge in [0.05, 0.1) is 18.8 Å². The smallest absolute Gasteiger partial charge is 0.121 e. The summed E-state index contributed by atoms with van der Waals surface area (Å²) in [5.74, 6) is 0.889. The maximum atomic E-state index is 5.47. The summed E-state index contributed by atoms with van der Waals surface area (Å²) in [4.78, 5) is 0. The van der Waals surface area contributed by atoms with Crippen LogP contribution in [0.25, 0.3) is 0 Å². The van der Waals surface area contributed by atoms with Crippen molar-refractivity contribution >= 4 is 5.69 Å². The maximum Gasteiger partial charge on any atom is 0.121 e. The van der Waals surface area contributed by atoms with E-state index in [0.717, 1.165) is 23.7 Å². The lowest BCUT2D eigenvalue weighted by molar-refractivity contribution is 0.340. The Kier molecular flexibility index (Phi) is 4.44. The van der Waals surface area contributed by atoms with E-state index in [4.69, 9.17) is 4.74 Å². The molecule has 0 atom stereocenters. The lowest BCUT2D eigenvalue weighted by atomic mass is 10.3. The molecular weight excluding hydrogens is 238 g/mol. The Hall–Kier alpha value is -1.97. The van der Waals surface area contributed by atoms with Crippen LogP contribution in [0.3, 0.4) is 0 Å². The van der Waals surface area contributed by atoms with Gasteiger partial charge in [0.1, 0.15) is 5.75 Å². The van der Waals surface area contributed by atoms with Gasteiger partial charge in [0.25, 0.3) is 0 Å². The minimum Gasteiger partial charge on any atom is -0.494 e. The molecule has 102 valence electrons. The number of hydrogen-bond donors (Lipinski definition) is 1. The average molecular weight is 259 g/mol. The lowest BCUT2D eigenvalue weighted by Gasteiger charge is -2.08. The van der Waals surface area contributed by atoms with Crippen LogP contribution >= 0.6 is 0 Å². The normalized spacial score (nSPS) is 10.7. The van der Waals surface area contributed by atoms with E-state index in [1.54, 1.807) is 0 Å². The van der Waals surface area contributed by atoms with E-state index in [1.165, 1.54) is 0 Å². The molecule has 1 aromatic carbocycles. The molecule has 0 aliphatic carbocycles. The van der Waals surface area contributed by atoms with Crippen LogP contribution in [0.2, 0.25) is 0 Å². The minimum absolute atomic E-state index is 0.398. The van der Waals surface area contributed by atoms with E-state index in [9.17, 15) is 0 Å². The van der Waals surface area contributed by atoms with Crippen molar-refractivity contribution in [3.8, 4) is 5.75 Å². The van der Waals surface area contributed by atoms with Crippen LogP contribution in [0.1, 0.15) is 32.5 Å². The summed E-state index contributed by atoms with van der Waals surface area (Å²) in [7, 11) is 0. The zero-order valence-corrected chi connectivity index (χ0v) is 11.8. The molecule has 1 heterocycles. The monoisotopic (exact) mass is 259 g/mol. The van der Waals surface area contributed by atoms with Gasteiger partial charge in [-0.3, -0.25) is 4.68 Å². The highest BCUT2D eigenvalue weighted by atomic mass is 16.5. The molecule has 0 fully saturated rings. The summed E-state index contributed by atoms with van der Waals surface area (Å²) in [5.41, 5.74) is 2.08. The molecule has 0 saturated heterocycles. The fraction of sp³-hybridized carbons (Fsp3) is 0.400. The Bertz CT molecular complexity index is 520. The molecule has 4 heteroatoms. The van der Waals surface area contributed by atoms with Crippen LogP contribution in [0.15, 0.2) is 36.5 Å². The summed E-state index contributed by atoms with van der Waals surface area (Å²) < 4.78 is 7.44. The van der Waals surface area contributed by atoms with Crippen molar-refractivity contribution in [1.82, 2.24) is 9.78 Å². The SMILES string of the molecule is CCOc1cccc(NCc2ccn(C(C)C)n2)c1. The van der Waals surface area contributed by atoms with E-state index in [-0.39, 0.29) is 0 Å². The average Bonchev–Trinajstić information content (AvgIpc) is 2.86. The van der Waals surface area contributed by atoms with Crippen molar-refractivity contribution in [2.75, 3.05) is 11.9 Å². The fourth-order valence-electron chi connectivity index (χ4n) is 1.81. The molecule has 0 aliphatic heterocycles. The molecule has 0 bridgehead atoms. The van der Waals surface area contributed by atoms with Crippen molar-refractivity contribution in [3.63, 3.8) is 0 Å². The van der Waals surface area contributed by atoms with Crippen molar-refractivity contribution < 1.29 is 4.74 Å². The predicted molar refractivity (Wildman–Crippen MR) is 77.5 cm³/mol. The first-order chi connectivity index (χ1) is 9.19. The molecule has 2 aromatic rings. The highest BCUT2D eigenvalue weighted by Crippen LogP contribution is 2.17. The topological polar surface area (TPSA) is 39.1 Å². The molecule has 1 N–H and O–H groups in total. The van der Waals surface area contributed by atoms with Crippen LogP contribution < -0.4 is 10.1 Å². The molecule has 4 nitrogen and oxygen atoms in total. The molecule has 0 spiro atoms. The number of rotatable bonds is 6. The number of aromatic nitrogens is 2. The molecule has 0 aliphatic rings. The number of nitrogens with zero attached hydrogens (tertiary/aromatic N) is 2. The van der Waals surface area contributed by atoms with Gasteiger partial charge in [0.2, 0.25) is 0 Å². The zero-order valence-electron chi connectivity index (χ0n) is 11.8. The van der Waals surface area contributed by atoms with E-state index in [2.05, 4.69) is 24.3 Å². The first-order valence-corrected chi connectivity index (χ1v) is 6.70. The molecule has 19 heavy (non-hydrogen) atoms. The highest BCUT2D eigenvalue weighted by molar-refractivity contribution is 5.48. The Labute approximate surface area is 114 Å². The van der Waals surface area contributed by atoms with Gasteiger partial charge in [-0.15, -0.1) is 0 Å². The lowest BCUT2D eigenvalue weighted by Crippen LogP contribution is -2.04. The molecule has 0 saturated carbocycles. The Balaban J connectivity index is 1.95. The van der Waals surface area contributed by atoms with Crippen molar-refractivity contribution in [2.24, 2.45) is 0 Å². The molecular formula is C15H21N3O. The van der Waals surface area contributed by atoms with Gasteiger partial charge < -0.3 is 10.1 Å². The third-order valence-electron chi connectivity index (χ3n) is 2.81. The fourth-order valence-corrected chi connectivity index (χ4v) is 1.81. The van der Waals surface area contributed by atoms with E-state index < -0.39 is 0 Å². The summed E-state index contributed by atoms with van der Waals surface area (Å²) in [6.45, 7) is 7.63. The third-order valence-corrected chi connectivity index (χ3v) is 2.81. The van der Waals surface area contributed by atoms with Crippen LogP contribution in [0.4, 0.5) is 5.69 Å². The van der Waals surface area contributed by atoms with Crippen LogP contribution in [0, 0.1) is 0 Å². The standard InChI is InChI=1S/C15H21N3O/c1-4-19-15-7-5-6-13(10-15)16-11-14-8-9-18(17-14)12(2)3/h5-10,12,16H,4,11H2,1-3H3. The van der Waals surface area contributed by atoms with Crippen LogP contribution in [-0.4, -0.2) is 16.4 Å². The second-order valence-electron chi connectivity index (χ2n) is 4.70. The van der Waals surface area contributed by atoms with Crippen LogP contribution in [0.5, 0.6) is 5.75 Å². The van der Waals surface area contributed by atoms with E-state index in [1.807, 2.05) is 48.1 Å². The first kappa shape index (κ1) is 13.5. The quantitative estimate of drug-likeness (QED) is 0.863. The Morgan fingerprint density at radius 1 is 1.32 bits per heavy atom. The summed E-state index contributed by atoms with van der Waals surface area (Å²) in [6, 6.07) is 10.4.